The Morgan fingerprint density at radius 2 is 1.88 bits per heavy atom. The molecule has 2 heterocycles. The number of likely N-dealkylation sites (N-methyl/N-ethyl adjacent to an activating group) is 1. The number of hydrogen-bond donors (Lipinski definition) is 4. The van der Waals surface area contributed by atoms with E-state index in [0.29, 0.717) is 6.42 Å². The molecule has 0 radical (unpaired) electrons. The minimum atomic E-state index is -3.67. The molecule has 11 heteroatoms. The smallest absolute Gasteiger partial charge is 0.389 e. The van der Waals surface area contributed by atoms with Gasteiger partial charge in [0, 0.05) is 7.11 Å². The van der Waals surface area contributed by atoms with Gasteiger partial charge in [0.2, 0.25) is 0 Å². The topological polar surface area (TPSA) is 119 Å². The Balaban J connectivity index is 1.99. The van der Waals surface area contributed by atoms with E-state index >= 15 is 0 Å². The fourth-order valence-corrected chi connectivity index (χ4v) is 4.72. The van der Waals surface area contributed by atoms with Crippen molar-refractivity contribution in [2.45, 2.75) is 68.9 Å². The van der Waals surface area contributed by atoms with Gasteiger partial charge in [0.1, 0.15) is 7.85 Å². The van der Waals surface area contributed by atoms with Crippen molar-refractivity contribution in [3.63, 3.8) is 0 Å². The lowest BCUT2D eigenvalue weighted by atomic mass is 9.92. The molecule has 0 bridgehead atoms. The molecule has 2 saturated heterocycles. The largest absolute Gasteiger partial charge is 0.405 e. The Morgan fingerprint density at radius 3 is 2.44 bits per heavy atom. The zero-order valence-electron chi connectivity index (χ0n) is 15.4. The third-order valence-electron chi connectivity index (χ3n) is 4.97. The molecule has 0 aromatic rings. The highest BCUT2D eigenvalue weighted by Crippen LogP contribution is 2.45. The average molecular weight is 380 g/mol. The molecule has 0 aliphatic carbocycles. The van der Waals surface area contributed by atoms with E-state index in [0.717, 1.165) is 0 Å². The summed E-state index contributed by atoms with van der Waals surface area (Å²) in [4.78, 5) is 0. The second-order valence-corrected chi connectivity index (χ2v) is 8.47. The molecule has 4 N–H and O–H groups in total. The first-order chi connectivity index (χ1) is 11.8. The molecule has 0 aromatic heterocycles. The van der Waals surface area contributed by atoms with Crippen LogP contribution in [-0.4, -0.2) is 87.4 Å². The van der Waals surface area contributed by atoms with Crippen molar-refractivity contribution in [3.8, 4) is 0 Å². The van der Waals surface area contributed by atoms with Crippen molar-refractivity contribution < 1.29 is 33.3 Å². The Labute approximate surface area is 149 Å². The monoisotopic (exact) mass is 380 g/mol. The maximum atomic E-state index is 12.9. The maximum absolute atomic E-state index is 12.9. The molecule has 9 nitrogen and oxygen atoms in total. The van der Waals surface area contributed by atoms with Crippen molar-refractivity contribution in [3.05, 3.63) is 0 Å². The summed E-state index contributed by atoms with van der Waals surface area (Å²) in [5.74, 6) is 0. The molecule has 2 aliphatic rings. The normalized spacial score (nSPS) is 44.1. The number of aliphatic hydroxyl groups is 2. The van der Waals surface area contributed by atoms with Gasteiger partial charge < -0.3 is 29.5 Å². The standard InChI is InChI=1S/C14H30BN2O7P/c1-5-8-11(13(19)14(15)24-8)17-25(20,21-4)22-6-9-10(16-3)12(18)7(2)23-9/h7-14,16,18-19H,5-6,15H2,1-4H3,(H,17,20)/t7-,8+,9+,10?,11?,12?,13?,14+,25?/m0/s1. The van der Waals surface area contributed by atoms with Crippen molar-refractivity contribution in [1.82, 2.24) is 10.4 Å². The molecule has 0 aromatic carbocycles. The van der Waals surface area contributed by atoms with Crippen molar-refractivity contribution in [2.24, 2.45) is 0 Å². The van der Waals surface area contributed by atoms with E-state index in [1.54, 1.807) is 21.8 Å². The Morgan fingerprint density at radius 1 is 1.20 bits per heavy atom. The van der Waals surface area contributed by atoms with Gasteiger partial charge in [-0.15, -0.1) is 0 Å². The van der Waals surface area contributed by atoms with Crippen LogP contribution in [0.15, 0.2) is 0 Å². The van der Waals surface area contributed by atoms with E-state index in [2.05, 4.69) is 10.4 Å². The minimum Gasteiger partial charge on any atom is -0.389 e. The first kappa shape index (κ1) is 21.3. The lowest BCUT2D eigenvalue weighted by Gasteiger charge is -2.27. The van der Waals surface area contributed by atoms with Crippen LogP contribution in [0.3, 0.4) is 0 Å². The average Bonchev–Trinajstić information content (AvgIpc) is 3.03. The van der Waals surface area contributed by atoms with E-state index in [-0.39, 0.29) is 30.9 Å². The van der Waals surface area contributed by atoms with E-state index in [1.165, 1.54) is 7.11 Å². The molecule has 2 aliphatic heterocycles. The van der Waals surface area contributed by atoms with Gasteiger partial charge in [-0.1, -0.05) is 6.92 Å². The van der Waals surface area contributed by atoms with Crippen LogP contribution in [0.4, 0.5) is 0 Å². The van der Waals surface area contributed by atoms with Gasteiger partial charge in [-0.3, -0.25) is 4.52 Å². The Hall–Kier alpha value is -0.0251. The van der Waals surface area contributed by atoms with Crippen molar-refractivity contribution in [2.75, 3.05) is 20.8 Å². The number of nitrogens with one attached hydrogen (secondary N) is 2. The molecule has 2 fully saturated rings. The van der Waals surface area contributed by atoms with Gasteiger partial charge in [0.05, 0.1) is 55.2 Å². The first-order valence-electron chi connectivity index (χ1n) is 8.68. The summed E-state index contributed by atoms with van der Waals surface area (Å²) in [6, 6.07) is -1.25. The van der Waals surface area contributed by atoms with Crippen LogP contribution < -0.4 is 10.4 Å². The molecule has 146 valence electrons. The van der Waals surface area contributed by atoms with Gasteiger partial charge in [-0.25, -0.2) is 9.65 Å². The Kier molecular flexibility index (Phi) is 7.47. The fourth-order valence-electron chi connectivity index (χ4n) is 3.41. The highest BCUT2D eigenvalue weighted by Gasteiger charge is 2.46. The lowest BCUT2D eigenvalue weighted by Crippen LogP contribution is -2.45. The van der Waals surface area contributed by atoms with Crippen LogP contribution in [0.1, 0.15) is 20.3 Å². The first-order valence-corrected chi connectivity index (χ1v) is 10.2. The van der Waals surface area contributed by atoms with E-state index in [1.807, 2.05) is 6.92 Å². The van der Waals surface area contributed by atoms with Crippen molar-refractivity contribution >= 4 is 15.6 Å². The molecule has 0 amide bonds. The van der Waals surface area contributed by atoms with Crippen LogP contribution >= 0.6 is 7.75 Å². The minimum absolute atomic E-state index is 0.0267. The van der Waals surface area contributed by atoms with Crippen LogP contribution in [0.5, 0.6) is 0 Å². The maximum Gasteiger partial charge on any atom is 0.405 e. The van der Waals surface area contributed by atoms with Crippen LogP contribution in [0.25, 0.3) is 0 Å². The van der Waals surface area contributed by atoms with Crippen LogP contribution in [-0.2, 0) is 23.1 Å². The molecular weight excluding hydrogens is 350 g/mol. The summed E-state index contributed by atoms with van der Waals surface area (Å²) in [5.41, 5.74) is 0. The third-order valence-corrected chi connectivity index (χ3v) is 6.55. The second-order valence-electron chi connectivity index (χ2n) is 6.59. The number of ether oxygens (including phenoxy) is 2. The zero-order valence-corrected chi connectivity index (χ0v) is 16.3. The molecule has 9 atom stereocenters. The number of rotatable bonds is 8. The lowest BCUT2D eigenvalue weighted by molar-refractivity contribution is 0.000702. The summed E-state index contributed by atoms with van der Waals surface area (Å²) < 4.78 is 34.8. The second kappa shape index (κ2) is 8.78. The molecule has 0 saturated carbocycles. The fraction of sp³-hybridized carbons (Fsp3) is 1.00. The highest BCUT2D eigenvalue weighted by molar-refractivity contribution is 7.51. The predicted molar refractivity (Wildman–Crippen MR) is 94.2 cm³/mol. The van der Waals surface area contributed by atoms with E-state index in [4.69, 9.17) is 18.5 Å². The van der Waals surface area contributed by atoms with Gasteiger partial charge in [0.15, 0.2) is 0 Å². The number of hydrogen-bond acceptors (Lipinski definition) is 8. The Bertz CT molecular complexity index is 488. The van der Waals surface area contributed by atoms with Gasteiger partial charge in [0.25, 0.3) is 0 Å². The predicted octanol–water partition coefficient (Wildman–Crippen LogP) is -1.42. The molecule has 0 spiro atoms. The number of aliphatic hydroxyl groups excluding tert-OH is 2. The zero-order chi connectivity index (χ0) is 18.8. The van der Waals surface area contributed by atoms with E-state index < -0.39 is 32.1 Å². The van der Waals surface area contributed by atoms with Gasteiger partial charge >= 0.3 is 7.75 Å². The third kappa shape index (κ3) is 4.64. The molecule has 25 heavy (non-hydrogen) atoms. The summed E-state index contributed by atoms with van der Waals surface area (Å²) >= 11 is 0. The van der Waals surface area contributed by atoms with Gasteiger partial charge in [-0.05, 0) is 20.4 Å². The summed E-state index contributed by atoms with van der Waals surface area (Å²) in [6.07, 6.45) is -1.94. The summed E-state index contributed by atoms with van der Waals surface area (Å²) in [6.45, 7) is 3.67. The van der Waals surface area contributed by atoms with Gasteiger partial charge in [-0.2, -0.15) is 0 Å². The summed E-state index contributed by atoms with van der Waals surface area (Å²) in [7, 11) is 1.09. The van der Waals surface area contributed by atoms with Crippen LogP contribution in [0, 0.1) is 0 Å². The molecule has 5 unspecified atom stereocenters. The van der Waals surface area contributed by atoms with E-state index in [9.17, 15) is 14.8 Å². The highest BCUT2D eigenvalue weighted by atomic mass is 31.2. The summed E-state index contributed by atoms with van der Waals surface area (Å²) in [5, 5.41) is 26.1. The molecule has 2 rings (SSSR count). The van der Waals surface area contributed by atoms with Crippen molar-refractivity contribution in [1.29, 1.82) is 0 Å². The quantitative estimate of drug-likeness (QED) is 0.297. The van der Waals surface area contributed by atoms with Crippen LogP contribution in [0.2, 0.25) is 0 Å². The SMILES string of the molecule is B[C@@H]1O[C@H](CC)C(NP(=O)(OC)OC[C@H]2O[C@@H](C)C(O)C2NC)C1O. The molecular formula is C14H30BN2O7P.